The fourth-order valence-corrected chi connectivity index (χ4v) is 5.88. The van der Waals surface area contributed by atoms with Gasteiger partial charge in [0.15, 0.2) is 0 Å². The van der Waals surface area contributed by atoms with Gasteiger partial charge in [-0.15, -0.1) is 0 Å². The third-order valence-electron chi connectivity index (χ3n) is 5.52. The first-order valence-corrected chi connectivity index (χ1v) is 11.3. The van der Waals surface area contributed by atoms with Crippen LogP contribution < -0.4 is 4.72 Å². The summed E-state index contributed by atoms with van der Waals surface area (Å²) >= 11 is 3.33. The minimum absolute atomic E-state index is 0.0712. The molecule has 0 amide bonds. The lowest BCUT2D eigenvalue weighted by atomic mass is 9.84. The Morgan fingerprint density at radius 2 is 1.92 bits per heavy atom. The molecule has 0 unspecified atom stereocenters. The van der Waals surface area contributed by atoms with E-state index in [1.54, 1.807) is 24.3 Å². The van der Waals surface area contributed by atoms with Gasteiger partial charge in [0.05, 0.1) is 4.90 Å². The summed E-state index contributed by atoms with van der Waals surface area (Å²) in [6.45, 7) is 0. The monoisotopic (exact) mass is 441 g/mol. The lowest BCUT2D eigenvalue weighted by Gasteiger charge is -2.29. The molecule has 0 spiro atoms. The second kappa shape index (κ2) is 8.23. The summed E-state index contributed by atoms with van der Waals surface area (Å²) in [5.74, 6) is 0.328. The number of allylic oxidation sites excluding steroid dienone is 1. The van der Waals surface area contributed by atoms with E-state index in [-0.39, 0.29) is 23.3 Å². The summed E-state index contributed by atoms with van der Waals surface area (Å²) in [4.78, 5) is 10.9. The van der Waals surface area contributed by atoms with Crippen LogP contribution in [-0.4, -0.2) is 25.5 Å². The normalized spacial score (nSPS) is 28.0. The highest BCUT2D eigenvalue weighted by Crippen LogP contribution is 2.49. The molecule has 2 N–H and O–H groups in total. The van der Waals surface area contributed by atoms with Crippen molar-refractivity contribution in [1.82, 2.24) is 4.72 Å². The Hall–Kier alpha value is -1.18. The Kier molecular flexibility index (Phi) is 6.20. The maximum atomic E-state index is 12.8. The summed E-state index contributed by atoms with van der Waals surface area (Å²) in [6.07, 6.45) is 8.91. The van der Waals surface area contributed by atoms with E-state index in [0.717, 1.165) is 23.7 Å². The van der Waals surface area contributed by atoms with Gasteiger partial charge in [0.25, 0.3) is 0 Å². The lowest BCUT2D eigenvalue weighted by molar-refractivity contribution is -0.137. The van der Waals surface area contributed by atoms with E-state index < -0.39 is 16.0 Å². The first kappa shape index (κ1) is 19.6. The van der Waals surface area contributed by atoms with Crippen LogP contribution in [0.1, 0.15) is 38.5 Å². The zero-order valence-corrected chi connectivity index (χ0v) is 16.9. The third-order valence-corrected chi connectivity index (χ3v) is 7.52. The number of carboxylic acids is 1. The number of aliphatic carboxylic acids is 1. The molecule has 1 aromatic rings. The van der Waals surface area contributed by atoms with Crippen molar-refractivity contribution in [1.29, 1.82) is 0 Å². The number of halogens is 1. The molecule has 7 heteroatoms. The number of carboxylic acid groups (broad SMARTS) is 1. The maximum absolute atomic E-state index is 12.8. The minimum atomic E-state index is -3.54. The van der Waals surface area contributed by atoms with Gasteiger partial charge in [-0.25, -0.2) is 13.1 Å². The average Bonchev–Trinajstić information content (AvgIpc) is 3.17. The smallest absolute Gasteiger partial charge is 0.303 e. The van der Waals surface area contributed by atoms with E-state index in [2.05, 4.69) is 26.7 Å². The van der Waals surface area contributed by atoms with Crippen LogP contribution >= 0.6 is 15.9 Å². The van der Waals surface area contributed by atoms with Gasteiger partial charge < -0.3 is 5.11 Å². The number of fused-ring (bicyclic) bond motifs is 2. The minimum Gasteiger partial charge on any atom is -0.481 e. The van der Waals surface area contributed by atoms with Gasteiger partial charge >= 0.3 is 5.97 Å². The second-order valence-electron chi connectivity index (χ2n) is 7.23. The van der Waals surface area contributed by atoms with E-state index in [9.17, 15) is 13.2 Å². The van der Waals surface area contributed by atoms with Gasteiger partial charge in [0, 0.05) is 16.9 Å². The number of hydrogen-bond donors (Lipinski definition) is 2. The molecule has 0 aromatic heterocycles. The second-order valence-corrected chi connectivity index (χ2v) is 9.86. The summed E-state index contributed by atoms with van der Waals surface area (Å²) in [6, 6.07) is 6.61. The number of nitrogens with one attached hydrogen (secondary N) is 1. The van der Waals surface area contributed by atoms with Crippen molar-refractivity contribution in [3.8, 4) is 0 Å². The Labute approximate surface area is 163 Å². The zero-order valence-electron chi connectivity index (χ0n) is 14.5. The van der Waals surface area contributed by atoms with Gasteiger partial charge in [-0.05, 0) is 74.1 Å². The van der Waals surface area contributed by atoms with E-state index in [1.807, 2.05) is 6.08 Å². The zero-order chi connectivity index (χ0) is 18.7. The van der Waals surface area contributed by atoms with Gasteiger partial charge in [0.1, 0.15) is 0 Å². The molecule has 0 radical (unpaired) electrons. The van der Waals surface area contributed by atoms with E-state index in [4.69, 9.17) is 5.11 Å². The first-order valence-electron chi connectivity index (χ1n) is 9.03. The lowest BCUT2D eigenvalue weighted by Crippen LogP contribution is -2.43. The van der Waals surface area contributed by atoms with Crippen LogP contribution in [-0.2, 0) is 14.8 Å². The van der Waals surface area contributed by atoms with Crippen molar-refractivity contribution in [2.45, 2.75) is 49.5 Å². The third kappa shape index (κ3) is 4.56. The van der Waals surface area contributed by atoms with Crippen molar-refractivity contribution >= 4 is 31.9 Å². The summed E-state index contributed by atoms with van der Waals surface area (Å²) < 4.78 is 29.3. The molecule has 2 fully saturated rings. The molecule has 2 saturated carbocycles. The quantitative estimate of drug-likeness (QED) is 0.472. The number of unbranched alkanes of at least 4 members (excludes halogenated alkanes) is 1. The molecule has 2 aliphatic carbocycles. The molecule has 5 nitrogen and oxygen atoms in total. The van der Waals surface area contributed by atoms with Crippen LogP contribution in [0.25, 0.3) is 0 Å². The van der Waals surface area contributed by atoms with Crippen LogP contribution in [0.4, 0.5) is 0 Å². The highest BCUT2D eigenvalue weighted by atomic mass is 79.9. The van der Waals surface area contributed by atoms with E-state index >= 15 is 0 Å². The molecule has 0 heterocycles. The Morgan fingerprint density at radius 3 is 2.62 bits per heavy atom. The molecule has 2 aliphatic rings. The highest BCUT2D eigenvalue weighted by Gasteiger charge is 2.47. The van der Waals surface area contributed by atoms with Crippen molar-refractivity contribution < 1.29 is 18.3 Å². The molecular weight excluding hydrogens is 418 g/mol. The predicted molar refractivity (Wildman–Crippen MR) is 103 cm³/mol. The van der Waals surface area contributed by atoms with E-state index in [1.165, 1.54) is 0 Å². The molecule has 0 saturated heterocycles. The number of hydrogen-bond acceptors (Lipinski definition) is 3. The molecule has 2 bridgehead atoms. The van der Waals surface area contributed by atoms with Crippen LogP contribution in [0.3, 0.4) is 0 Å². The van der Waals surface area contributed by atoms with Crippen LogP contribution in [0.15, 0.2) is 45.8 Å². The molecule has 1 aromatic carbocycles. The van der Waals surface area contributed by atoms with Crippen LogP contribution in [0.5, 0.6) is 0 Å². The van der Waals surface area contributed by atoms with E-state index in [0.29, 0.717) is 24.7 Å². The number of carbonyl (C=O) groups is 1. The van der Waals surface area contributed by atoms with Gasteiger partial charge in [-0.2, -0.15) is 0 Å². The largest absolute Gasteiger partial charge is 0.481 e. The standard InChI is InChI=1S/C19H24BrNO4S/c20-15-8-10-16(11-9-15)26(24,25)21-19-14-7-6-13(12-14)17(19)4-2-1-3-5-18(22)23/h2,4,8-11,13-14,17,19,21H,1,3,5-7,12H2,(H,22,23)/b4-2-/t13-,14+,17+,19+/m1/s1. The van der Waals surface area contributed by atoms with Crippen LogP contribution in [0, 0.1) is 17.8 Å². The fraction of sp³-hybridized carbons (Fsp3) is 0.526. The topological polar surface area (TPSA) is 83.5 Å². The average molecular weight is 442 g/mol. The van der Waals surface area contributed by atoms with Gasteiger partial charge in [0.2, 0.25) is 10.0 Å². The summed E-state index contributed by atoms with van der Waals surface area (Å²) in [7, 11) is -3.54. The van der Waals surface area contributed by atoms with Crippen molar-refractivity contribution in [2.75, 3.05) is 0 Å². The molecule has 26 heavy (non-hydrogen) atoms. The Morgan fingerprint density at radius 1 is 1.23 bits per heavy atom. The highest BCUT2D eigenvalue weighted by molar-refractivity contribution is 9.10. The Balaban J connectivity index is 1.67. The molecular formula is C19H24BrNO4S. The van der Waals surface area contributed by atoms with Crippen molar-refractivity contribution in [2.24, 2.45) is 17.8 Å². The summed E-state index contributed by atoms with van der Waals surface area (Å²) in [5.41, 5.74) is 0. The van der Waals surface area contributed by atoms with Gasteiger partial charge in [-0.1, -0.05) is 28.1 Å². The number of benzene rings is 1. The first-order chi connectivity index (χ1) is 12.4. The van der Waals surface area contributed by atoms with Crippen molar-refractivity contribution in [3.63, 3.8) is 0 Å². The fourth-order valence-electron chi connectivity index (χ4n) is 4.27. The summed E-state index contributed by atoms with van der Waals surface area (Å²) in [5, 5.41) is 8.70. The molecule has 0 aliphatic heterocycles. The van der Waals surface area contributed by atoms with Crippen LogP contribution in [0.2, 0.25) is 0 Å². The molecule has 142 valence electrons. The van der Waals surface area contributed by atoms with Crippen molar-refractivity contribution in [3.05, 3.63) is 40.9 Å². The molecule has 4 atom stereocenters. The number of rotatable bonds is 8. The molecule has 3 rings (SSSR count). The van der Waals surface area contributed by atoms with Gasteiger partial charge in [-0.3, -0.25) is 4.79 Å². The maximum Gasteiger partial charge on any atom is 0.303 e. The Bertz CT molecular complexity index is 775. The number of sulfonamides is 1. The SMILES string of the molecule is O=C(O)CCC/C=C\[C@H]1[C@@H]2CC[C@@H](C2)[C@@H]1NS(=O)(=O)c1ccc(Br)cc1. The predicted octanol–water partition coefficient (Wildman–Crippen LogP) is 3.95.